The molecule has 0 aliphatic rings. The van der Waals surface area contributed by atoms with Gasteiger partial charge in [0.25, 0.3) is 10.0 Å². The van der Waals surface area contributed by atoms with Gasteiger partial charge in [0.1, 0.15) is 0 Å². The topological polar surface area (TPSA) is 46.2 Å². The Kier molecular flexibility index (Phi) is 4.53. The van der Waals surface area contributed by atoms with E-state index in [1.54, 1.807) is 13.0 Å². The Labute approximate surface area is 134 Å². The molecule has 0 aliphatic heterocycles. The molecule has 0 unspecified atom stereocenters. The highest BCUT2D eigenvalue weighted by molar-refractivity contribution is 9.10. The fraction of sp³-hybridized carbons (Fsp3) is 0.143. The number of benzene rings is 2. The molecule has 0 spiro atoms. The van der Waals surface area contributed by atoms with Crippen LogP contribution in [-0.2, 0) is 16.2 Å². The number of halogens is 4. The zero-order valence-corrected chi connectivity index (χ0v) is 13.7. The minimum Gasteiger partial charge on any atom is -0.280 e. The van der Waals surface area contributed by atoms with Gasteiger partial charge in [-0.15, -0.1) is 0 Å². The van der Waals surface area contributed by atoms with E-state index in [1.165, 1.54) is 18.2 Å². The van der Waals surface area contributed by atoms with Gasteiger partial charge in [-0.1, -0.05) is 22.0 Å². The number of anilines is 1. The Balaban J connectivity index is 2.35. The number of aryl methyl sites for hydroxylation is 1. The van der Waals surface area contributed by atoms with Crippen molar-refractivity contribution in [3.8, 4) is 0 Å². The first-order chi connectivity index (χ1) is 10.1. The van der Waals surface area contributed by atoms with E-state index in [4.69, 9.17) is 0 Å². The van der Waals surface area contributed by atoms with Gasteiger partial charge in [0.15, 0.2) is 0 Å². The molecule has 0 saturated heterocycles. The van der Waals surface area contributed by atoms with Crippen LogP contribution in [0, 0.1) is 6.92 Å². The smallest absolute Gasteiger partial charge is 0.280 e. The molecule has 0 aliphatic carbocycles. The van der Waals surface area contributed by atoms with Crippen LogP contribution in [0.1, 0.15) is 11.1 Å². The normalized spacial score (nSPS) is 12.2. The van der Waals surface area contributed by atoms with Crippen molar-refractivity contribution in [3.63, 3.8) is 0 Å². The maximum atomic E-state index is 12.6. The first kappa shape index (κ1) is 16.8. The third kappa shape index (κ3) is 3.80. The van der Waals surface area contributed by atoms with E-state index >= 15 is 0 Å². The van der Waals surface area contributed by atoms with E-state index in [0.717, 1.165) is 22.7 Å². The molecule has 0 heterocycles. The lowest BCUT2D eigenvalue weighted by molar-refractivity contribution is -0.137. The molecule has 0 bridgehead atoms. The van der Waals surface area contributed by atoms with E-state index < -0.39 is 21.8 Å². The van der Waals surface area contributed by atoms with Crippen LogP contribution >= 0.6 is 15.9 Å². The van der Waals surface area contributed by atoms with E-state index in [9.17, 15) is 21.6 Å². The molecule has 2 aromatic carbocycles. The largest absolute Gasteiger partial charge is 0.416 e. The third-order valence-electron chi connectivity index (χ3n) is 2.88. The summed E-state index contributed by atoms with van der Waals surface area (Å²) in [5.74, 6) is 0. The van der Waals surface area contributed by atoms with Crippen molar-refractivity contribution in [2.75, 3.05) is 4.72 Å². The third-order valence-corrected chi connectivity index (χ3v) is 5.15. The molecule has 1 N–H and O–H groups in total. The minimum atomic E-state index is -4.53. The van der Waals surface area contributed by atoms with Crippen LogP contribution in [0.25, 0.3) is 0 Å². The van der Waals surface area contributed by atoms with E-state index in [2.05, 4.69) is 20.7 Å². The van der Waals surface area contributed by atoms with Crippen LogP contribution in [0.2, 0.25) is 0 Å². The molecule has 8 heteroatoms. The van der Waals surface area contributed by atoms with Gasteiger partial charge in [0, 0.05) is 10.2 Å². The fourth-order valence-corrected chi connectivity index (χ4v) is 3.14. The monoisotopic (exact) mass is 393 g/mol. The average Bonchev–Trinajstić information content (AvgIpc) is 2.40. The van der Waals surface area contributed by atoms with Crippen LogP contribution in [-0.4, -0.2) is 8.42 Å². The molecule has 0 radical (unpaired) electrons. The lowest BCUT2D eigenvalue weighted by Gasteiger charge is -2.12. The molecule has 0 saturated carbocycles. The van der Waals surface area contributed by atoms with Gasteiger partial charge < -0.3 is 0 Å². The molecular formula is C14H11BrF3NO2S. The van der Waals surface area contributed by atoms with Crippen molar-refractivity contribution < 1.29 is 21.6 Å². The highest BCUT2D eigenvalue weighted by Gasteiger charge is 2.30. The predicted octanol–water partition coefficient (Wildman–Crippen LogP) is 4.58. The summed E-state index contributed by atoms with van der Waals surface area (Å²) < 4.78 is 65.2. The maximum Gasteiger partial charge on any atom is 0.416 e. The van der Waals surface area contributed by atoms with E-state index in [1.807, 2.05) is 0 Å². The molecule has 3 nitrogen and oxygen atoms in total. The summed E-state index contributed by atoms with van der Waals surface area (Å²) in [6.07, 6.45) is -4.53. The number of hydrogen-bond donors (Lipinski definition) is 1. The van der Waals surface area contributed by atoms with Gasteiger partial charge in [0.05, 0.1) is 10.5 Å². The highest BCUT2D eigenvalue weighted by Crippen LogP contribution is 2.31. The van der Waals surface area contributed by atoms with Gasteiger partial charge in [-0.2, -0.15) is 13.2 Å². The van der Waals surface area contributed by atoms with Crippen LogP contribution in [0.3, 0.4) is 0 Å². The van der Waals surface area contributed by atoms with Crippen LogP contribution in [0.15, 0.2) is 51.8 Å². The molecule has 22 heavy (non-hydrogen) atoms. The Morgan fingerprint density at radius 2 is 1.77 bits per heavy atom. The quantitative estimate of drug-likeness (QED) is 0.829. The molecular weight excluding hydrogens is 383 g/mol. The fourth-order valence-electron chi connectivity index (χ4n) is 1.76. The Hall–Kier alpha value is -1.54. The van der Waals surface area contributed by atoms with Crippen LogP contribution in [0.4, 0.5) is 18.9 Å². The first-order valence-corrected chi connectivity index (χ1v) is 8.33. The number of nitrogens with one attached hydrogen (secondary N) is 1. The van der Waals surface area contributed by atoms with Crippen molar-refractivity contribution in [1.82, 2.24) is 0 Å². The molecule has 0 fully saturated rings. The predicted molar refractivity (Wildman–Crippen MR) is 81.1 cm³/mol. The number of sulfonamides is 1. The van der Waals surface area contributed by atoms with E-state index in [0.29, 0.717) is 5.56 Å². The average molecular weight is 394 g/mol. The van der Waals surface area contributed by atoms with Gasteiger partial charge >= 0.3 is 6.18 Å². The molecule has 0 amide bonds. The Morgan fingerprint density at radius 1 is 1.09 bits per heavy atom. The zero-order valence-electron chi connectivity index (χ0n) is 11.3. The van der Waals surface area contributed by atoms with Gasteiger partial charge in [-0.05, 0) is 48.9 Å². The Bertz CT molecular complexity index is 804. The van der Waals surface area contributed by atoms with Crippen molar-refractivity contribution in [3.05, 3.63) is 58.1 Å². The lowest BCUT2D eigenvalue weighted by Crippen LogP contribution is -2.14. The zero-order chi connectivity index (χ0) is 16.5. The van der Waals surface area contributed by atoms with Crippen molar-refractivity contribution in [1.29, 1.82) is 0 Å². The second-order valence-corrected chi connectivity index (χ2v) is 7.13. The summed E-state index contributed by atoms with van der Waals surface area (Å²) in [4.78, 5) is -0.0226. The van der Waals surface area contributed by atoms with Gasteiger partial charge in [-0.25, -0.2) is 8.42 Å². The number of hydrogen-bond acceptors (Lipinski definition) is 2. The summed E-state index contributed by atoms with van der Waals surface area (Å²) in [6.45, 7) is 1.72. The molecule has 2 rings (SSSR count). The minimum absolute atomic E-state index is 0.0226. The van der Waals surface area contributed by atoms with Gasteiger partial charge in [0.2, 0.25) is 0 Å². The second kappa shape index (κ2) is 5.92. The van der Waals surface area contributed by atoms with Crippen molar-refractivity contribution in [2.45, 2.75) is 18.0 Å². The van der Waals surface area contributed by atoms with Crippen molar-refractivity contribution >= 4 is 31.6 Å². The summed E-state index contributed by atoms with van der Waals surface area (Å²) in [6, 6.07) is 8.40. The van der Waals surface area contributed by atoms with Crippen LogP contribution < -0.4 is 4.72 Å². The molecule has 2 aromatic rings. The second-order valence-electron chi connectivity index (χ2n) is 4.60. The SMILES string of the molecule is Cc1cc(S(=O)(=O)Nc2cccc(C(F)(F)F)c2)ccc1Br. The molecule has 0 aromatic heterocycles. The molecule has 0 atom stereocenters. The number of alkyl halides is 3. The summed E-state index contributed by atoms with van der Waals surface area (Å²) >= 11 is 3.25. The van der Waals surface area contributed by atoms with Gasteiger partial charge in [-0.3, -0.25) is 4.72 Å². The van der Waals surface area contributed by atoms with Crippen molar-refractivity contribution in [2.24, 2.45) is 0 Å². The first-order valence-electron chi connectivity index (χ1n) is 6.06. The van der Waals surface area contributed by atoms with E-state index in [-0.39, 0.29) is 10.6 Å². The highest BCUT2D eigenvalue weighted by atomic mass is 79.9. The summed E-state index contributed by atoms with van der Waals surface area (Å²) in [5, 5.41) is 0. The summed E-state index contributed by atoms with van der Waals surface area (Å²) in [5.41, 5.74) is -0.359. The standard InChI is InChI=1S/C14H11BrF3NO2S/c1-9-7-12(5-6-13(9)15)22(20,21)19-11-4-2-3-10(8-11)14(16,17)18/h2-8,19H,1H3. The number of rotatable bonds is 3. The lowest BCUT2D eigenvalue weighted by atomic mass is 10.2. The Morgan fingerprint density at radius 3 is 2.36 bits per heavy atom. The molecule has 118 valence electrons. The summed E-state index contributed by atoms with van der Waals surface area (Å²) in [7, 11) is -3.95. The van der Waals surface area contributed by atoms with Crippen LogP contribution in [0.5, 0.6) is 0 Å². The maximum absolute atomic E-state index is 12.6.